The molecule has 1 saturated heterocycles. The molecular weight excluding hydrogens is 406 g/mol. The lowest BCUT2D eigenvalue weighted by Crippen LogP contribution is -2.70. The SMILES string of the molecule is COc1cc2nn(C)cc2cc1NC(=O)c1cnc(N2CC3(CC[C@@H]3NC3CC3)C2)cn1. The minimum Gasteiger partial charge on any atom is -0.494 e. The van der Waals surface area contributed by atoms with Crippen molar-refractivity contribution in [3.05, 3.63) is 36.4 Å². The van der Waals surface area contributed by atoms with Crippen LogP contribution in [0.4, 0.5) is 11.5 Å². The maximum Gasteiger partial charge on any atom is 0.275 e. The average molecular weight is 434 g/mol. The van der Waals surface area contributed by atoms with Crippen molar-refractivity contribution in [1.29, 1.82) is 0 Å². The molecule has 9 heteroatoms. The molecule has 3 aliphatic rings. The van der Waals surface area contributed by atoms with Gasteiger partial charge in [-0.3, -0.25) is 9.48 Å². The van der Waals surface area contributed by atoms with Crippen molar-refractivity contribution in [2.24, 2.45) is 12.5 Å². The molecular formula is C23H27N7O2. The van der Waals surface area contributed by atoms with Gasteiger partial charge in [0.05, 0.1) is 30.7 Å². The molecule has 2 aliphatic carbocycles. The summed E-state index contributed by atoms with van der Waals surface area (Å²) in [7, 11) is 3.43. The first-order chi connectivity index (χ1) is 15.5. The molecule has 3 fully saturated rings. The Hall–Kier alpha value is -3.20. The number of nitrogens with one attached hydrogen (secondary N) is 2. The molecule has 166 valence electrons. The summed E-state index contributed by atoms with van der Waals surface area (Å²) < 4.78 is 7.16. The zero-order valence-electron chi connectivity index (χ0n) is 18.3. The maximum absolute atomic E-state index is 12.8. The van der Waals surface area contributed by atoms with E-state index in [-0.39, 0.29) is 11.6 Å². The third-order valence-electron chi connectivity index (χ3n) is 7.08. The summed E-state index contributed by atoms with van der Waals surface area (Å²) in [5.74, 6) is 1.06. The van der Waals surface area contributed by atoms with Crippen molar-refractivity contribution >= 4 is 28.3 Å². The van der Waals surface area contributed by atoms with E-state index in [1.54, 1.807) is 24.2 Å². The molecule has 1 spiro atoms. The van der Waals surface area contributed by atoms with E-state index < -0.39 is 0 Å². The second-order valence-electron chi connectivity index (χ2n) is 9.38. The number of hydrogen-bond acceptors (Lipinski definition) is 7. The number of aryl methyl sites for hydroxylation is 1. The van der Waals surface area contributed by atoms with E-state index in [0.717, 1.165) is 35.9 Å². The summed E-state index contributed by atoms with van der Waals surface area (Å²) in [5, 5.41) is 12.0. The van der Waals surface area contributed by atoms with Gasteiger partial charge in [0.15, 0.2) is 0 Å². The Bertz CT molecular complexity index is 1180. The predicted octanol–water partition coefficient (Wildman–Crippen LogP) is 2.34. The van der Waals surface area contributed by atoms with Crippen molar-refractivity contribution in [2.75, 3.05) is 30.4 Å². The van der Waals surface area contributed by atoms with Crippen LogP contribution in [0.5, 0.6) is 5.75 Å². The highest BCUT2D eigenvalue weighted by molar-refractivity contribution is 6.04. The smallest absolute Gasteiger partial charge is 0.275 e. The Labute approximate surface area is 186 Å². The van der Waals surface area contributed by atoms with E-state index in [9.17, 15) is 4.79 Å². The van der Waals surface area contributed by atoms with E-state index in [1.807, 2.05) is 25.4 Å². The van der Waals surface area contributed by atoms with Gasteiger partial charge in [-0.05, 0) is 31.7 Å². The zero-order chi connectivity index (χ0) is 21.9. The number of anilines is 2. The lowest BCUT2D eigenvalue weighted by molar-refractivity contribution is 0.0307. The summed E-state index contributed by atoms with van der Waals surface area (Å²) >= 11 is 0. The topological polar surface area (TPSA) is 97.2 Å². The Morgan fingerprint density at radius 3 is 2.69 bits per heavy atom. The van der Waals surface area contributed by atoms with Crippen LogP contribution in [0.3, 0.4) is 0 Å². The highest BCUT2D eigenvalue weighted by Gasteiger charge is 2.55. The van der Waals surface area contributed by atoms with Crippen LogP contribution >= 0.6 is 0 Å². The number of carbonyl (C=O) groups is 1. The standard InChI is InChI=1S/C23H27N7O2/c1-29-11-14-7-17(19(32-2)8-16(14)28-29)27-22(31)18-9-25-21(10-24-18)30-12-23(13-30)6-5-20(23)26-15-3-4-15/h7-11,15,20,26H,3-6,12-13H2,1-2H3,(H,27,31)/t20-/m0/s1. The second-order valence-corrected chi connectivity index (χ2v) is 9.38. The van der Waals surface area contributed by atoms with Crippen molar-refractivity contribution in [3.8, 4) is 5.75 Å². The fourth-order valence-electron chi connectivity index (χ4n) is 4.98. The quantitative estimate of drug-likeness (QED) is 0.616. The van der Waals surface area contributed by atoms with E-state index in [0.29, 0.717) is 22.9 Å². The molecule has 9 nitrogen and oxygen atoms in total. The Morgan fingerprint density at radius 2 is 2.03 bits per heavy atom. The van der Waals surface area contributed by atoms with Gasteiger partial charge < -0.3 is 20.3 Å². The number of nitrogens with zero attached hydrogens (tertiary/aromatic N) is 5. The van der Waals surface area contributed by atoms with Gasteiger partial charge in [0.1, 0.15) is 17.3 Å². The van der Waals surface area contributed by atoms with Gasteiger partial charge in [0.25, 0.3) is 5.91 Å². The normalized spacial score (nSPS) is 21.3. The molecule has 32 heavy (non-hydrogen) atoms. The lowest BCUT2D eigenvalue weighted by atomic mass is 9.59. The van der Waals surface area contributed by atoms with Crippen molar-refractivity contribution in [1.82, 2.24) is 25.1 Å². The zero-order valence-corrected chi connectivity index (χ0v) is 18.3. The lowest BCUT2D eigenvalue weighted by Gasteiger charge is -2.61. The molecule has 1 aliphatic heterocycles. The molecule has 3 heterocycles. The van der Waals surface area contributed by atoms with E-state index in [4.69, 9.17) is 4.74 Å². The van der Waals surface area contributed by atoms with Gasteiger partial charge in [0, 0.05) is 55.3 Å². The van der Waals surface area contributed by atoms with Gasteiger partial charge in [0.2, 0.25) is 0 Å². The number of amides is 1. The molecule has 3 aromatic rings. The van der Waals surface area contributed by atoms with Gasteiger partial charge >= 0.3 is 0 Å². The van der Waals surface area contributed by atoms with E-state index >= 15 is 0 Å². The van der Waals surface area contributed by atoms with Crippen LogP contribution in [0.25, 0.3) is 10.9 Å². The Kier molecular flexibility index (Phi) is 4.36. The molecule has 0 radical (unpaired) electrons. The second kappa shape index (κ2) is 7.16. The van der Waals surface area contributed by atoms with Crippen molar-refractivity contribution in [3.63, 3.8) is 0 Å². The van der Waals surface area contributed by atoms with Crippen LogP contribution in [0.2, 0.25) is 0 Å². The molecule has 2 saturated carbocycles. The first kappa shape index (κ1) is 19.5. The molecule has 0 unspecified atom stereocenters. The van der Waals surface area contributed by atoms with Crippen LogP contribution in [0, 0.1) is 5.41 Å². The Balaban J connectivity index is 1.12. The summed E-state index contributed by atoms with van der Waals surface area (Å²) in [6.07, 6.45) is 10.4. The fourth-order valence-corrected chi connectivity index (χ4v) is 4.98. The largest absolute Gasteiger partial charge is 0.494 e. The van der Waals surface area contributed by atoms with Crippen LogP contribution in [-0.2, 0) is 7.05 Å². The predicted molar refractivity (Wildman–Crippen MR) is 121 cm³/mol. The Morgan fingerprint density at radius 1 is 1.19 bits per heavy atom. The van der Waals surface area contributed by atoms with Gasteiger partial charge in [-0.15, -0.1) is 0 Å². The number of ether oxygens (including phenoxy) is 1. The van der Waals surface area contributed by atoms with Gasteiger partial charge in [-0.25, -0.2) is 9.97 Å². The number of benzene rings is 1. The number of rotatable bonds is 6. The molecule has 0 bridgehead atoms. The third kappa shape index (κ3) is 3.28. The molecule has 1 aromatic carbocycles. The maximum atomic E-state index is 12.8. The van der Waals surface area contributed by atoms with Crippen LogP contribution in [-0.4, -0.2) is 57.9 Å². The molecule has 2 N–H and O–H groups in total. The highest BCUT2D eigenvalue weighted by Crippen LogP contribution is 2.50. The highest BCUT2D eigenvalue weighted by atomic mass is 16.5. The molecule has 6 rings (SSSR count). The fraction of sp³-hybridized carbons (Fsp3) is 0.478. The number of aromatic nitrogens is 4. The third-order valence-corrected chi connectivity index (χ3v) is 7.08. The number of fused-ring (bicyclic) bond motifs is 1. The first-order valence-electron chi connectivity index (χ1n) is 11.2. The minimum atomic E-state index is -0.321. The van der Waals surface area contributed by atoms with Crippen LogP contribution in [0.1, 0.15) is 36.2 Å². The summed E-state index contributed by atoms with van der Waals surface area (Å²) in [5.41, 5.74) is 2.06. The van der Waals surface area contributed by atoms with Crippen molar-refractivity contribution < 1.29 is 9.53 Å². The van der Waals surface area contributed by atoms with E-state index in [1.165, 1.54) is 25.7 Å². The number of methoxy groups -OCH3 is 1. The number of hydrogen-bond donors (Lipinski definition) is 2. The molecule has 1 atom stereocenters. The van der Waals surface area contributed by atoms with Gasteiger partial charge in [-0.2, -0.15) is 5.10 Å². The first-order valence-corrected chi connectivity index (χ1v) is 11.2. The minimum absolute atomic E-state index is 0.272. The van der Waals surface area contributed by atoms with Crippen LogP contribution < -0.4 is 20.3 Å². The average Bonchev–Trinajstić information content (AvgIpc) is 3.50. The molecule has 1 amide bonds. The molecule has 2 aromatic heterocycles. The summed E-state index contributed by atoms with van der Waals surface area (Å²) in [6.45, 7) is 2.03. The van der Waals surface area contributed by atoms with Crippen LogP contribution in [0.15, 0.2) is 30.7 Å². The summed E-state index contributed by atoms with van der Waals surface area (Å²) in [4.78, 5) is 23.9. The van der Waals surface area contributed by atoms with E-state index in [2.05, 4.69) is 30.6 Å². The monoisotopic (exact) mass is 433 g/mol. The van der Waals surface area contributed by atoms with Crippen molar-refractivity contribution in [2.45, 2.75) is 37.8 Å². The number of carbonyl (C=O) groups excluding carboxylic acids is 1. The van der Waals surface area contributed by atoms with Gasteiger partial charge in [-0.1, -0.05) is 0 Å². The summed E-state index contributed by atoms with van der Waals surface area (Å²) in [6, 6.07) is 5.06.